The van der Waals surface area contributed by atoms with Crippen molar-refractivity contribution in [2.45, 2.75) is 26.3 Å². The Labute approximate surface area is 124 Å². The van der Waals surface area contributed by atoms with Crippen LogP contribution in [0.2, 0.25) is 0 Å². The van der Waals surface area contributed by atoms with Gasteiger partial charge in [-0.25, -0.2) is 4.98 Å². The summed E-state index contributed by atoms with van der Waals surface area (Å²) in [4.78, 5) is 5.46. The fourth-order valence-electron chi connectivity index (χ4n) is 1.97. The number of nitrogens with zero attached hydrogens (tertiary/aromatic N) is 1. The second kappa shape index (κ2) is 6.03. The molecule has 0 saturated carbocycles. The molecule has 1 atom stereocenters. The van der Waals surface area contributed by atoms with Gasteiger partial charge in [0, 0.05) is 10.4 Å². The first-order valence-electron chi connectivity index (χ1n) is 6.27. The van der Waals surface area contributed by atoms with Gasteiger partial charge in [0.25, 0.3) is 0 Å². The third-order valence-electron chi connectivity index (χ3n) is 3.04. The highest BCUT2D eigenvalue weighted by Crippen LogP contribution is 2.35. The number of hydrogen-bond acceptors (Lipinski definition) is 4. The van der Waals surface area contributed by atoms with Gasteiger partial charge in [-0.3, -0.25) is 0 Å². The van der Waals surface area contributed by atoms with E-state index in [1.54, 1.807) is 19.2 Å². The minimum atomic E-state index is -4.72. The molecule has 1 aromatic heterocycles. The molecule has 1 aromatic carbocycles. The van der Waals surface area contributed by atoms with Crippen LogP contribution < -0.4 is 10.1 Å². The van der Waals surface area contributed by atoms with Crippen molar-refractivity contribution < 1.29 is 17.9 Å². The number of halogens is 3. The van der Waals surface area contributed by atoms with Gasteiger partial charge in [0.2, 0.25) is 0 Å². The van der Waals surface area contributed by atoms with E-state index in [0.717, 1.165) is 10.6 Å². The number of aryl methyl sites for hydroxylation is 2. The van der Waals surface area contributed by atoms with Crippen molar-refractivity contribution in [3.8, 4) is 5.75 Å². The van der Waals surface area contributed by atoms with Gasteiger partial charge in [0.15, 0.2) is 0 Å². The lowest BCUT2D eigenvalue weighted by molar-refractivity contribution is -0.275. The Balaban J connectivity index is 2.43. The minimum Gasteiger partial charge on any atom is -0.405 e. The summed E-state index contributed by atoms with van der Waals surface area (Å²) in [5.41, 5.74) is 1.29. The van der Waals surface area contributed by atoms with Crippen molar-refractivity contribution in [1.82, 2.24) is 10.3 Å². The van der Waals surface area contributed by atoms with E-state index in [0.29, 0.717) is 10.6 Å². The molecule has 7 heteroatoms. The summed E-state index contributed by atoms with van der Waals surface area (Å²) in [6, 6.07) is 5.65. The van der Waals surface area contributed by atoms with Crippen molar-refractivity contribution in [2.75, 3.05) is 7.05 Å². The Kier molecular flexibility index (Phi) is 4.53. The zero-order valence-electron chi connectivity index (χ0n) is 11.8. The SMILES string of the molecule is CNC(c1nc(C)c(C)s1)c1ccccc1OC(F)(F)F. The minimum absolute atomic E-state index is 0.213. The summed E-state index contributed by atoms with van der Waals surface area (Å²) < 4.78 is 41.6. The molecule has 1 N–H and O–H groups in total. The standard InChI is InChI=1S/C14H15F3N2OS/c1-8-9(2)21-13(19-8)12(18-3)10-6-4-5-7-11(10)20-14(15,16)17/h4-7,12,18H,1-3H3. The van der Waals surface area contributed by atoms with Gasteiger partial charge < -0.3 is 10.1 Å². The molecular formula is C14H15F3N2OS. The van der Waals surface area contributed by atoms with Gasteiger partial charge in [0.1, 0.15) is 10.8 Å². The number of rotatable bonds is 4. The summed E-state index contributed by atoms with van der Waals surface area (Å²) in [7, 11) is 1.68. The van der Waals surface area contributed by atoms with E-state index in [4.69, 9.17) is 0 Å². The number of benzene rings is 1. The number of aromatic nitrogens is 1. The predicted molar refractivity (Wildman–Crippen MR) is 75.6 cm³/mol. The molecule has 21 heavy (non-hydrogen) atoms. The lowest BCUT2D eigenvalue weighted by atomic mass is 10.1. The average molecular weight is 316 g/mol. The largest absolute Gasteiger partial charge is 0.573 e. The Bertz CT molecular complexity index is 605. The maximum absolute atomic E-state index is 12.5. The van der Waals surface area contributed by atoms with Crippen molar-refractivity contribution in [3.05, 3.63) is 45.4 Å². The molecule has 3 nitrogen and oxygen atoms in total. The van der Waals surface area contributed by atoms with Crippen molar-refractivity contribution >= 4 is 11.3 Å². The Morgan fingerprint density at radius 3 is 2.43 bits per heavy atom. The molecule has 2 aromatic rings. The number of ether oxygens (including phenoxy) is 1. The monoisotopic (exact) mass is 316 g/mol. The third-order valence-corrected chi connectivity index (χ3v) is 4.17. The van der Waals surface area contributed by atoms with Crippen LogP contribution in [0.25, 0.3) is 0 Å². The molecule has 1 unspecified atom stereocenters. The first-order chi connectivity index (χ1) is 9.81. The maximum Gasteiger partial charge on any atom is 0.573 e. The van der Waals surface area contributed by atoms with E-state index in [9.17, 15) is 13.2 Å². The smallest absolute Gasteiger partial charge is 0.405 e. The van der Waals surface area contributed by atoms with Crippen LogP contribution in [0.5, 0.6) is 5.75 Å². The first kappa shape index (κ1) is 15.8. The lowest BCUT2D eigenvalue weighted by Gasteiger charge is -2.19. The molecule has 0 spiro atoms. The van der Waals surface area contributed by atoms with Gasteiger partial charge in [-0.15, -0.1) is 24.5 Å². The molecular weight excluding hydrogens is 301 g/mol. The molecule has 1 heterocycles. The van der Waals surface area contributed by atoms with E-state index >= 15 is 0 Å². The second-order valence-corrected chi connectivity index (χ2v) is 5.74. The lowest BCUT2D eigenvalue weighted by Crippen LogP contribution is -2.22. The summed E-state index contributed by atoms with van der Waals surface area (Å²) in [5.74, 6) is -0.213. The van der Waals surface area contributed by atoms with E-state index in [2.05, 4.69) is 15.0 Å². The van der Waals surface area contributed by atoms with Crippen LogP contribution in [-0.4, -0.2) is 18.4 Å². The molecule has 0 saturated heterocycles. The quantitative estimate of drug-likeness (QED) is 0.927. The van der Waals surface area contributed by atoms with E-state index in [1.807, 2.05) is 13.8 Å². The molecule has 0 aliphatic heterocycles. The molecule has 2 rings (SSSR count). The highest BCUT2D eigenvalue weighted by Gasteiger charge is 2.33. The van der Waals surface area contributed by atoms with Gasteiger partial charge in [-0.05, 0) is 27.0 Å². The van der Waals surface area contributed by atoms with Crippen LogP contribution in [0, 0.1) is 13.8 Å². The molecule has 0 aliphatic carbocycles. The molecule has 0 amide bonds. The van der Waals surface area contributed by atoms with Crippen molar-refractivity contribution in [1.29, 1.82) is 0 Å². The van der Waals surface area contributed by atoms with Crippen molar-refractivity contribution in [3.63, 3.8) is 0 Å². The Morgan fingerprint density at radius 1 is 1.24 bits per heavy atom. The van der Waals surface area contributed by atoms with Gasteiger partial charge >= 0.3 is 6.36 Å². The van der Waals surface area contributed by atoms with Crippen molar-refractivity contribution in [2.24, 2.45) is 0 Å². The van der Waals surface area contributed by atoms with Gasteiger partial charge in [-0.2, -0.15) is 0 Å². The topological polar surface area (TPSA) is 34.2 Å². The number of hydrogen-bond donors (Lipinski definition) is 1. The van der Waals surface area contributed by atoms with Gasteiger partial charge in [0.05, 0.1) is 11.7 Å². The second-order valence-electron chi connectivity index (χ2n) is 4.50. The molecule has 0 aliphatic rings. The highest BCUT2D eigenvalue weighted by molar-refractivity contribution is 7.11. The maximum atomic E-state index is 12.5. The third kappa shape index (κ3) is 3.74. The Hall–Kier alpha value is -1.60. The molecule has 114 valence electrons. The zero-order valence-corrected chi connectivity index (χ0v) is 12.6. The summed E-state index contributed by atoms with van der Waals surface area (Å²) >= 11 is 1.46. The fourth-order valence-corrected chi connectivity index (χ4v) is 3.02. The number of para-hydroxylation sites is 1. The van der Waals surface area contributed by atoms with Gasteiger partial charge in [-0.1, -0.05) is 18.2 Å². The normalized spacial score (nSPS) is 13.2. The van der Waals surface area contributed by atoms with Crippen LogP contribution in [0.1, 0.15) is 27.2 Å². The zero-order chi connectivity index (χ0) is 15.6. The van der Waals surface area contributed by atoms with Crippen LogP contribution >= 0.6 is 11.3 Å². The highest BCUT2D eigenvalue weighted by atomic mass is 32.1. The molecule has 0 radical (unpaired) electrons. The van der Waals surface area contributed by atoms with Crippen LogP contribution in [0.3, 0.4) is 0 Å². The number of alkyl halides is 3. The average Bonchev–Trinajstić information content (AvgIpc) is 2.70. The van der Waals surface area contributed by atoms with E-state index < -0.39 is 12.4 Å². The predicted octanol–water partition coefficient (Wildman–Crippen LogP) is 3.97. The molecule has 0 bridgehead atoms. The number of thiazole rings is 1. The summed E-state index contributed by atoms with van der Waals surface area (Å²) in [5, 5.41) is 3.72. The number of nitrogens with one attached hydrogen (secondary N) is 1. The first-order valence-corrected chi connectivity index (χ1v) is 7.09. The van der Waals surface area contributed by atoms with E-state index in [1.165, 1.54) is 23.5 Å². The fraction of sp³-hybridized carbons (Fsp3) is 0.357. The molecule has 0 fully saturated rings. The summed E-state index contributed by atoms with van der Waals surface area (Å²) in [6.45, 7) is 3.81. The Morgan fingerprint density at radius 2 is 1.90 bits per heavy atom. The van der Waals surface area contributed by atoms with E-state index in [-0.39, 0.29) is 5.75 Å². The summed E-state index contributed by atoms with van der Waals surface area (Å²) in [6.07, 6.45) is -4.72. The van der Waals surface area contributed by atoms with Crippen LogP contribution in [0.4, 0.5) is 13.2 Å². The van der Waals surface area contributed by atoms with Crippen LogP contribution in [-0.2, 0) is 0 Å². The van der Waals surface area contributed by atoms with Crippen LogP contribution in [0.15, 0.2) is 24.3 Å².